The standard InChI is InChI=1S/C4H7F3N2/c1-2-3(8-9-3)4(5,6)7/h8-9H,2H2,1H3. The van der Waals surface area contributed by atoms with Crippen molar-refractivity contribution in [2.45, 2.75) is 25.2 Å². The van der Waals surface area contributed by atoms with E-state index in [9.17, 15) is 13.2 Å². The molecule has 2 nitrogen and oxygen atoms in total. The molecule has 0 unspecified atom stereocenters. The van der Waals surface area contributed by atoms with Crippen LogP contribution < -0.4 is 10.9 Å². The van der Waals surface area contributed by atoms with Gasteiger partial charge in [0.15, 0.2) is 5.66 Å². The number of nitrogens with one attached hydrogen (secondary N) is 2. The molecule has 0 radical (unpaired) electrons. The van der Waals surface area contributed by atoms with Gasteiger partial charge in [-0.2, -0.15) is 13.2 Å². The highest BCUT2D eigenvalue weighted by Crippen LogP contribution is 2.35. The van der Waals surface area contributed by atoms with Crippen molar-refractivity contribution < 1.29 is 13.2 Å². The maximum absolute atomic E-state index is 11.8. The van der Waals surface area contributed by atoms with E-state index in [1.165, 1.54) is 6.92 Å². The van der Waals surface area contributed by atoms with Gasteiger partial charge >= 0.3 is 6.18 Å². The van der Waals surface area contributed by atoms with E-state index in [2.05, 4.69) is 10.9 Å². The molecule has 0 aromatic carbocycles. The molecule has 1 rings (SSSR count). The zero-order valence-corrected chi connectivity index (χ0v) is 4.84. The van der Waals surface area contributed by atoms with Crippen LogP contribution in [0.2, 0.25) is 0 Å². The molecule has 0 atom stereocenters. The fourth-order valence-corrected chi connectivity index (χ4v) is 0.594. The molecular formula is C4H7F3N2. The summed E-state index contributed by atoms with van der Waals surface area (Å²) in [5.74, 6) is 0. The molecule has 0 saturated carbocycles. The number of alkyl halides is 3. The normalized spacial score (nSPS) is 24.0. The van der Waals surface area contributed by atoms with Crippen LogP contribution in [0.3, 0.4) is 0 Å². The zero-order valence-electron chi connectivity index (χ0n) is 4.84. The van der Waals surface area contributed by atoms with Gasteiger partial charge in [0.25, 0.3) is 0 Å². The van der Waals surface area contributed by atoms with Gasteiger partial charge in [0.05, 0.1) is 0 Å². The average Bonchev–Trinajstić information content (AvgIpc) is 2.40. The Bertz CT molecular complexity index is 115. The number of halogens is 3. The van der Waals surface area contributed by atoms with Gasteiger partial charge in [-0.25, -0.2) is 10.9 Å². The molecule has 0 aliphatic carbocycles. The minimum absolute atomic E-state index is 0.0243. The summed E-state index contributed by atoms with van der Waals surface area (Å²) in [4.78, 5) is 0. The van der Waals surface area contributed by atoms with Crippen LogP contribution in [0.25, 0.3) is 0 Å². The van der Waals surface area contributed by atoms with Gasteiger partial charge in [0, 0.05) is 0 Å². The number of hydrogen-bond acceptors (Lipinski definition) is 2. The summed E-state index contributed by atoms with van der Waals surface area (Å²) in [5.41, 5.74) is 2.35. The molecule has 0 bridgehead atoms. The number of rotatable bonds is 1. The second kappa shape index (κ2) is 1.60. The Morgan fingerprint density at radius 2 is 1.78 bits per heavy atom. The maximum atomic E-state index is 11.8. The smallest absolute Gasteiger partial charge is 0.227 e. The van der Waals surface area contributed by atoms with Crippen molar-refractivity contribution in [3.63, 3.8) is 0 Å². The first-order valence-corrected chi connectivity index (χ1v) is 2.63. The maximum Gasteiger partial charge on any atom is 0.422 e. The summed E-state index contributed by atoms with van der Waals surface area (Å²) in [6.07, 6.45) is -4.14. The van der Waals surface area contributed by atoms with E-state index in [1.807, 2.05) is 0 Å². The monoisotopic (exact) mass is 140 g/mol. The van der Waals surface area contributed by atoms with Gasteiger partial charge < -0.3 is 0 Å². The Balaban J connectivity index is 2.60. The summed E-state index contributed by atoms with van der Waals surface area (Å²) in [7, 11) is 0. The number of hydrazine groups is 1. The molecule has 9 heavy (non-hydrogen) atoms. The Morgan fingerprint density at radius 1 is 1.33 bits per heavy atom. The van der Waals surface area contributed by atoms with Crippen molar-refractivity contribution in [3.05, 3.63) is 0 Å². The van der Waals surface area contributed by atoms with Crippen molar-refractivity contribution in [2.24, 2.45) is 0 Å². The molecule has 1 fully saturated rings. The minimum Gasteiger partial charge on any atom is -0.227 e. The Kier molecular flexibility index (Phi) is 1.22. The molecule has 1 heterocycles. The molecule has 0 amide bonds. The van der Waals surface area contributed by atoms with Gasteiger partial charge in [0.1, 0.15) is 0 Å². The topological polar surface area (TPSA) is 43.9 Å². The lowest BCUT2D eigenvalue weighted by Crippen LogP contribution is -2.36. The quantitative estimate of drug-likeness (QED) is 0.528. The summed E-state index contributed by atoms with van der Waals surface area (Å²) in [6, 6.07) is 0. The molecule has 2 N–H and O–H groups in total. The van der Waals surface area contributed by atoms with Crippen LogP contribution in [-0.4, -0.2) is 11.8 Å². The van der Waals surface area contributed by atoms with Crippen LogP contribution in [0, 0.1) is 0 Å². The highest BCUT2D eigenvalue weighted by atomic mass is 19.4. The second-order valence-corrected chi connectivity index (χ2v) is 2.01. The predicted molar refractivity (Wildman–Crippen MR) is 25.3 cm³/mol. The van der Waals surface area contributed by atoms with E-state index in [1.54, 1.807) is 0 Å². The van der Waals surface area contributed by atoms with Crippen LogP contribution in [0.5, 0.6) is 0 Å². The molecule has 1 saturated heterocycles. The molecule has 54 valence electrons. The summed E-state index contributed by atoms with van der Waals surface area (Å²) in [6.45, 7) is 1.47. The van der Waals surface area contributed by atoms with Crippen molar-refractivity contribution in [1.29, 1.82) is 0 Å². The Hall–Kier alpha value is -0.290. The Labute approximate surface area is 50.4 Å². The van der Waals surface area contributed by atoms with Gasteiger partial charge in [-0.05, 0) is 6.42 Å². The highest BCUT2D eigenvalue weighted by molar-refractivity contribution is 4.99. The van der Waals surface area contributed by atoms with Crippen LogP contribution in [-0.2, 0) is 0 Å². The average molecular weight is 140 g/mol. The van der Waals surface area contributed by atoms with Crippen LogP contribution in [0.1, 0.15) is 13.3 Å². The fourth-order valence-electron chi connectivity index (χ4n) is 0.594. The van der Waals surface area contributed by atoms with Crippen molar-refractivity contribution in [3.8, 4) is 0 Å². The van der Waals surface area contributed by atoms with Crippen molar-refractivity contribution >= 4 is 0 Å². The summed E-state index contributed by atoms with van der Waals surface area (Å²) < 4.78 is 35.3. The van der Waals surface area contributed by atoms with Gasteiger partial charge in [0.2, 0.25) is 0 Å². The third-order valence-electron chi connectivity index (χ3n) is 1.44. The van der Waals surface area contributed by atoms with Crippen molar-refractivity contribution in [2.75, 3.05) is 0 Å². The molecule has 0 aromatic rings. The molecule has 5 heteroatoms. The third kappa shape index (κ3) is 0.900. The largest absolute Gasteiger partial charge is 0.422 e. The lowest BCUT2D eigenvalue weighted by molar-refractivity contribution is -0.163. The van der Waals surface area contributed by atoms with Gasteiger partial charge in [-0.15, -0.1) is 0 Å². The van der Waals surface area contributed by atoms with Crippen LogP contribution in [0.4, 0.5) is 13.2 Å². The zero-order chi connectivity index (χ0) is 7.12. The summed E-state index contributed by atoms with van der Waals surface area (Å²) >= 11 is 0. The minimum atomic E-state index is -4.16. The SMILES string of the molecule is CCC1(C(F)(F)F)NN1. The molecule has 0 spiro atoms. The van der Waals surface area contributed by atoms with E-state index in [-0.39, 0.29) is 6.42 Å². The molecule has 1 aliphatic rings. The summed E-state index contributed by atoms with van der Waals surface area (Å²) in [5, 5.41) is 0. The van der Waals surface area contributed by atoms with Crippen LogP contribution in [0.15, 0.2) is 0 Å². The van der Waals surface area contributed by atoms with E-state index in [0.29, 0.717) is 0 Å². The molecule has 0 aromatic heterocycles. The lowest BCUT2D eigenvalue weighted by Gasteiger charge is -2.12. The van der Waals surface area contributed by atoms with Crippen molar-refractivity contribution in [1.82, 2.24) is 10.9 Å². The lowest BCUT2D eigenvalue weighted by atomic mass is 10.2. The Morgan fingerprint density at radius 3 is 1.78 bits per heavy atom. The fraction of sp³-hybridized carbons (Fsp3) is 1.00. The second-order valence-electron chi connectivity index (χ2n) is 2.01. The molecular weight excluding hydrogens is 133 g/mol. The first kappa shape index (κ1) is 6.82. The predicted octanol–water partition coefficient (Wildman–Crippen LogP) is 0.763. The number of hydrogen-bond donors (Lipinski definition) is 2. The van der Waals surface area contributed by atoms with Gasteiger partial charge in [-0.3, -0.25) is 0 Å². The first-order chi connectivity index (χ1) is 4.02. The van der Waals surface area contributed by atoms with E-state index in [0.717, 1.165) is 0 Å². The third-order valence-corrected chi connectivity index (χ3v) is 1.44. The first-order valence-electron chi connectivity index (χ1n) is 2.63. The molecule has 1 aliphatic heterocycles. The van der Waals surface area contributed by atoms with E-state index in [4.69, 9.17) is 0 Å². The van der Waals surface area contributed by atoms with Crippen LogP contribution >= 0.6 is 0 Å². The highest BCUT2D eigenvalue weighted by Gasteiger charge is 2.62. The van der Waals surface area contributed by atoms with E-state index >= 15 is 0 Å². The van der Waals surface area contributed by atoms with E-state index < -0.39 is 11.8 Å². The van der Waals surface area contributed by atoms with Gasteiger partial charge in [-0.1, -0.05) is 6.92 Å².